The highest BCUT2D eigenvalue weighted by molar-refractivity contribution is 5.66. The Labute approximate surface area is 69.6 Å². The van der Waals surface area contributed by atoms with Crippen LogP contribution in [0.25, 0.3) is 0 Å². The average Bonchev–Trinajstić information content (AvgIpc) is 2.33. The zero-order valence-corrected chi connectivity index (χ0v) is 6.38. The van der Waals surface area contributed by atoms with Gasteiger partial charge < -0.3 is 11.5 Å². The SMILES string of the molecule is NC1=CN(N)C=C2C(N)N=CN12. The summed E-state index contributed by atoms with van der Waals surface area (Å²) in [5.74, 6) is 6.03. The molecule has 0 amide bonds. The van der Waals surface area contributed by atoms with Crippen LogP contribution in [-0.4, -0.2) is 22.4 Å². The van der Waals surface area contributed by atoms with Crippen molar-refractivity contribution in [3.05, 3.63) is 23.9 Å². The van der Waals surface area contributed by atoms with Gasteiger partial charge in [-0.05, 0) is 0 Å². The number of hydrogen-bond acceptors (Lipinski definition) is 6. The zero-order valence-electron chi connectivity index (χ0n) is 6.38. The zero-order chi connectivity index (χ0) is 8.72. The van der Waals surface area contributed by atoms with Crippen molar-refractivity contribution in [3.8, 4) is 0 Å². The predicted octanol–water partition coefficient (Wildman–Crippen LogP) is -1.60. The van der Waals surface area contributed by atoms with Crippen molar-refractivity contribution in [2.75, 3.05) is 0 Å². The van der Waals surface area contributed by atoms with E-state index in [1.807, 2.05) is 0 Å². The highest BCUT2D eigenvalue weighted by atomic mass is 15.4. The summed E-state index contributed by atoms with van der Waals surface area (Å²) in [6.45, 7) is 0. The van der Waals surface area contributed by atoms with Gasteiger partial charge in [-0.2, -0.15) is 0 Å². The molecule has 0 radical (unpaired) electrons. The summed E-state index contributed by atoms with van der Waals surface area (Å²) in [6, 6.07) is 0. The predicted molar refractivity (Wildman–Crippen MR) is 44.7 cm³/mol. The molecule has 2 aliphatic heterocycles. The Bertz CT molecular complexity index is 290. The van der Waals surface area contributed by atoms with Crippen molar-refractivity contribution in [3.63, 3.8) is 0 Å². The van der Waals surface area contributed by atoms with E-state index in [0.717, 1.165) is 5.70 Å². The standard InChI is InChI=1S/C6H10N6/c7-5-2-11(9)1-4-6(8)10-3-12(4)5/h1-3,6H,7-9H2. The normalized spacial score (nSPS) is 27.0. The quantitative estimate of drug-likeness (QED) is 0.377. The van der Waals surface area contributed by atoms with Gasteiger partial charge in [-0.25, -0.2) is 10.8 Å². The third kappa shape index (κ3) is 0.858. The van der Waals surface area contributed by atoms with E-state index in [0.29, 0.717) is 5.82 Å². The van der Waals surface area contributed by atoms with Crippen LogP contribution in [0.2, 0.25) is 0 Å². The van der Waals surface area contributed by atoms with Crippen molar-refractivity contribution in [2.45, 2.75) is 6.17 Å². The molecule has 6 N–H and O–H groups in total. The van der Waals surface area contributed by atoms with E-state index in [2.05, 4.69) is 4.99 Å². The monoisotopic (exact) mass is 166 g/mol. The Morgan fingerprint density at radius 3 is 2.92 bits per heavy atom. The maximum absolute atomic E-state index is 5.65. The van der Waals surface area contributed by atoms with Gasteiger partial charge >= 0.3 is 0 Å². The van der Waals surface area contributed by atoms with Crippen LogP contribution in [0, 0.1) is 0 Å². The molecule has 0 bridgehead atoms. The molecule has 0 aromatic rings. The molecule has 6 nitrogen and oxygen atoms in total. The van der Waals surface area contributed by atoms with Crippen LogP contribution in [0.4, 0.5) is 0 Å². The third-order valence-electron chi connectivity index (χ3n) is 1.76. The Kier molecular flexibility index (Phi) is 1.32. The molecule has 2 heterocycles. The van der Waals surface area contributed by atoms with Gasteiger partial charge in [-0.15, -0.1) is 0 Å². The van der Waals surface area contributed by atoms with Crippen LogP contribution < -0.4 is 17.3 Å². The fourth-order valence-corrected chi connectivity index (χ4v) is 1.18. The molecule has 1 atom stereocenters. The van der Waals surface area contributed by atoms with Crippen LogP contribution in [0.15, 0.2) is 28.9 Å². The van der Waals surface area contributed by atoms with Crippen LogP contribution in [0.1, 0.15) is 0 Å². The van der Waals surface area contributed by atoms with Crippen molar-refractivity contribution < 1.29 is 0 Å². The maximum atomic E-state index is 5.65. The lowest BCUT2D eigenvalue weighted by Gasteiger charge is -2.26. The van der Waals surface area contributed by atoms with E-state index >= 15 is 0 Å². The van der Waals surface area contributed by atoms with E-state index in [4.69, 9.17) is 17.3 Å². The minimum absolute atomic E-state index is 0.358. The fraction of sp³-hybridized carbons (Fsp3) is 0.167. The van der Waals surface area contributed by atoms with E-state index < -0.39 is 0 Å². The van der Waals surface area contributed by atoms with E-state index in [1.54, 1.807) is 23.6 Å². The molecule has 0 aliphatic carbocycles. The largest absolute Gasteiger partial charge is 0.384 e. The van der Waals surface area contributed by atoms with Gasteiger partial charge in [0.2, 0.25) is 0 Å². The van der Waals surface area contributed by atoms with Crippen molar-refractivity contribution in [1.82, 2.24) is 9.91 Å². The van der Waals surface area contributed by atoms with Crippen LogP contribution in [0.3, 0.4) is 0 Å². The van der Waals surface area contributed by atoms with Crippen LogP contribution >= 0.6 is 0 Å². The lowest BCUT2D eigenvalue weighted by molar-refractivity contribution is 0.452. The van der Waals surface area contributed by atoms with Gasteiger partial charge in [0.25, 0.3) is 0 Å². The molecule has 0 spiro atoms. The maximum Gasteiger partial charge on any atom is 0.141 e. The second-order valence-electron chi connectivity index (χ2n) is 2.63. The molecule has 0 aromatic heterocycles. The van der Waals surface area contributed by atoms with Crippen molar-refractivity contribution in [1.29, 1.82) is 0 Å². The van der Waals surface area contributed by atoms with E-state index in [9.17, 15) is 0 Å². The van der Waals surface area contributed by atoms with Gasteiger partial charge in [0.15, 0.2) is 0 Å². The van der Waals surface area contributed by atoms with Crippen molar-refractivity contribution >= 4 is 6.34 Å². The Morgan fingerprint density at radius 2 is 2.17 bits per heavy atom. The summed E-state index contributed by atoms with van der Waals surface area (Å²) < 4.78 is 0. The first-order chi connectivity index (χ1) is 5.68. The summed E-state index contributed by atoms with van der Waals surface area (Å²) in [5, 5.41) is 1.37. The number of rotatable bonds is 0. The van der Waals surface area contributed by atoms with Gasteiger partial charge in [0, 0.05) is 6.20 Å². The van der Waals surface area contributed by atoms with Gasteiger partial charge in [-0.1, -0.05) is 0 Å². The highest BCUT2D eigenvalue weighted by Gasteiger charge is 2.25. The third-order valence-corrected chi connectivity index (χ3v) is 1.76. The highest BCUT2D eigenvalue weighted by Crippen LogP contribution is 2.20. The number of hydrazine groups is 1. The first-order valence-electron chi connectivity index (χ1n) is 3.48. The molecule has 1 unspecified atom stereocenters. The average molecular weight is 166 g/mol. The molecule has 0 saturated carbocycles. The summed E-state index contributed by atoms with van der Waals surface area (Å²) >= 11 is 0. The minimum atomic E-state index is -0.358. The fourth-order valence-electron chi connectivity index (χ4n) is 1.18. The molecule has 2 aliphatic rings. The molecule has 64 valence electrons. The van der Waals surface area contributed by atoms with Crippen LogP contribution in [-0.2, 0) is 0 Å². The summed E-state index contributed by atoms with van der Waals surface area (Å²) in [5.41, 5.74) is 12.1. The molecule has 2 rings (SSSR count). The summed E-state index contributed by atoms with van der Waals surface area (Å²) in [4.78, 5) is 5.68. The molecule has 0 fully saturated rings. The van der Waals surface area contributed by atoms with Gasteiger partial charge in [0.05, 0.1) is 18.2 Å². The number of hydrogen-bond donors (Lipinski definition) is 3. The molecule has 0 aromatic carbocycles. The number of nitrogens with zero attached hydrogens (tertiary/aromatic N) is 3. The smallest absolute Gasteiger partial charge is 0.141 e. The molecule has 6 heteroatoms. The lowest BCUT2D eigenvalue weighted by Crippen LogP contribution is -2.37. The first kappa shape index (κ1) is 7.14. The molecule has 12 heavy (non-hydrogen) atoms. The Hall–Kier alpha value is -1.53. The van der Waals surface area contributed by atoms with Crippen molar-refractivity contribution in [2.24, 2.45) is 22.3 Å². The molecular formula is C6H10N6. The molecular weight excluding hydrogens is 156 g/mol. The second-order valence-corrected chi connectivity index (χ2v) is 2.63. The van der Waals surface area contributed by atoms with Gasteiger partial charge in [-0.3, -0.25) is 9.91 Å². The Morgan fingerprint density at radius 1 is 1.42 bits per heavy atom. The summed E-state index contributed by atoms with van der Waals surface area (Å²) in [6.07, 6.45) is 4.51. The van der Waals surface area contributed by atoms with Gasteiger partial charge in [0.1, 0.15) is 12.0 Å². The summed E-state index contributed by atoms with van der Waals surface area (Å²) in [7, 11) is 0. The Balaban J connectivity index is 2.36. The van der Waals surface area contributed by atoms with E-state index in [1.165, 1.54) is 5.01 Å². The second kappa shape index (κ2) is 2.23. The number of aliphatic imine (C=N–C) groups is 1. The number of nitrogens with two attached hydrogens (primary N) is 3. The lowest BCUT2D eigenvalue weighted by atomic mass is 10.3. The minimum Gasteiger partial charge on any atom is -0.384 e. The number of fused-ring (bicyclic) bond motifs is 1. The molecule has 0 saturated heterocycles. The first-order valence-corrected chi connectivity index (χ1v) is 3.48. The topological polar surface area (TPSA) is 96.9 Å². The van der Waals surface area contributed by atoms with Crippen LogP contribution in [0.5, 0.6) is 0 Å². The van der Waals surface area contributed by atoms with E-state index in [-0.39, 0.29) is 6.17 Å².